The number of anilines is 1. The summed E-state index contributed by atoms with van der Waals surface area (Å²) in [5.74, 6) is -1.71. The topological polar surface area (TPSA) is 38.3 Å². The molecule has 2 aromatic rings. The summed E-state index contributed by atoms with van der Waals surface area (Å²) >= 11 is 5.61. The van der Waals surface area contributed by atoms with Gasteiger partial charge in [-0.2, -0.15) is 0 Å². The lowest BCUT2D eigenvalue weighted by atomic mass is 10.2. The second kappa shape index (κ2) is 5.88. The Morgan fingerprint density at radius 1 is 1.15 bits per heavy atom. The van der Waals surface area contributed by atoms with Gasteiger partial charge in [0.05, 0.1) is 12.1 Å². The van der Waals surface area contributed by atoms with Crippen LogP contribution in [0.25, 0.3) is 0 Å². The summed E-state index contributed by atoms with van der Waals surface area (Å²) in [4.78, 5) is 11.9. The maximum atomic E-state index is 13.5. The first-order valence-electron chi connectivity index (χ1n) is 5.61. The summed E-state index contributed by atoms with van der Waals surface area (Å²) in [6.45, 7) is 0. The number of halogens is 3. The Hall–Kier alpha value is -2.14. The summed E-state index contributed by atoms with van der Waals surface area (Å²) < 4.78 is 31.2. The zero-order chi connectivity index (χ0) is 14.7. The van der Waals surface area contributed by atoms with Crippen LogP contribution >= 0.6 is 11.6 Å². The number of hydrogen-bond donors (Lipinski definition) is 1. The molecular formula is C14H10ClF2NO2. The van der Waals surface area contributed by atoms with Gasteiger partial charge in [0.1, 0.15) is 5.82 Å². The zero-order valence-electron chi connectivity index (χ0n) is 10.4. The monoisotopic (exact) mass is 297 g/mol. The van der Waals surface area contributed by atoms with E-state index in [9.17, 15) is 13.6 Å². The molecule has 104 valence electrons. The van der Waals surface area contributed by atoms with Crippen LogP contribution in [-0.2, 0) is 0 Å². The van der Waals surface area contributed by atoms with Crippen molar-refractivity contribution in [3.63, 3.8) is 0 Å². The molecule has 0 aromatic heterocycles. The maximum absolute atomic E-state index is 13.5. The van der Waals surface area contributed by atoms with Crippen LogP contribution in [0, 0.1) is 11.6 Å². The van der Waals surface area contributed by atoms with Gasteiger partial charge in [-0.25, -0.2) is 8.78 Å². The van der Waals surface area contributed by atoms with Crippen molar-refractivity contribution in [3.05, 3.63) is 58.6 Å². The van der Waals surface area contributed by atoms with Crippen LogP contribution in [0.5, 0.6) is 5.75 Å². The SMILES string of the molecule is COc1ccc(C(=O)Nc2ccc(F)c(Cl)c2)cc1F. The van der Waals surface area contributed by atoms with Crippen molar-refractivity contribution < 1.29 is 18.3 Å². The Morgan fingerprint density at radius 3 is 2.50 bits per heavy atom. The molecule has 20 heavy (non-hydrogen) atoms. The van der Waals surface area contributed by atoms with Crippen molar-refractivity contribution in [2.24, 2.45) is 0 Å². The summed E-state index contributed by atoms with van der Waals surface area (Å²) in [5.41, 5.74) is 0.432. The van der Waals surface area contributed by atoms with E-state index in [0.29, 0.717) is 5.69 Å². The standard InChI is InChI=1S/C14H10ClF2NO2/c1-20-13-5-2-8(6-12(13)17)14(19)18-9-3-4-11(16)10(15)7-9/h2-7H,1H3,(H,18,19). The van der Waals surface area contributed by atoms with Gasteiger partial charge in [0.2, 0.25) is 0 Å². The maximum Gasteiger partial charge on any atom is 0.255 e. The molecule has 0 aliphatic carbocycles. The smallest absolute Gasteiger partial charge is 0.255 e. The number of rotatable bonds is 3. The number of benzene rings is 2. The molecule has 0 atom stereocenters. The molecule has 0 heterocycles. The van der Waals surface area contributed by atoms with Crippen LogP contribution in [0.1, 0.15) is 10.4 Å². The van der Waals surface area contributed by atoms with Crippen LogP contribution in [0.3, 0.4) is 0 Å². The predicted molar refractivity (Wildman–Crippen MR) is 72.3 cm³/mol. The first kappa shape index (κ1) is 14.3. The lowest BCUT2D eigenvalue weighted by Gasteiger charge is -2.07. The van der Waals surface area contributed by atoms with Gasteiger partial charge in [-0.3, -0.25) is 4.79 Å². The van der Waals surface area contributed by atoms with E-state index >= 15 is 0 Å². The molecule has 0 radical (unpaired) electrons. The molecule has 0 saturated carbocycles. The highest BCUT2D eigenvalue weighted by Crippen LogP contribution is 2.21. The summed E-state index contributed by atoms with van der Waals surface area (Å²) in [5, 5.41) is 2.39. The minimum absolute atomic E-state index is 0.0476. The Balaban J connectivity index is 2.19. The van der Waals surface area contributed by atoms with Gasteiger partial charge in [0, 0.05) is 11.3 Å². The van der Waals surface area contributed by atoms with Gasteiger partial charge in [-0.15, -0.1) is 0 Å². The Bertz CT molecular complexity index is 662. The Morgan fingerprint density at radius 2 is 1.90 bits per heavy atom. The van der Waals surface area contributed by atoms with Crippen LogP contribution in [0.2, 0.25) is 5.02 Å². The van der Waals surface area contributed by atoms with E-state index in [2.05, 4.69) is 5.32 Å². The number of nitrogens with one attached hydrogen (secondary N) is 1. The molecule has 2 rings (SSSR count). The van der Waals surface area contributed by atoms with E-state index in [-0.39, 0.29) is 16.3 Å². The highest BCUT2D eigenvalue weighted by Gasteiger charge is 2.11. The summed E-state index contributed by atoms with van der Waals surface area (Å²) in [7, 11) is 1.33. The van der Waals surface area contributed by atoms with E-state index in [0.717, 1.165) is 12.1 Å². The van der Waals surface area contributed by atoms with Crippen molar-refractivity contribution in [2.75, 3.05) is 12.4 Å². The minimum atomic E-state index is -0.641. The highest BCUT2D eigenvalue weighted by molar-refractivity contribution is 6.31. The third-order valence-corrected chi connectivity index (χ3v) is 2.88. The van der Waals surface area contributed by atoms with Gasteiger partial charge >= 0.3 is 0 Å². The van der Waals surface area contributed by atoms with Crippen LogP contribution in [0.4, 0.5) is 14.5 Å². The normalized spacial score (nSPS) is 10.2. The fourth-order valence-electron chi connectivity index (χ4n) is 1.58. The lowest BCUT2D eigenvalue weighted by Crippen LogP contribution is -2.12. The van der Waals surface area contributed by atoms with Gasteiger partial charge in [0.25, 0.3) is 5.91 Å². The third kappa shape index (κ3) is 3.05. The van der Waals surface area contributed by atoms with E-state index < -0.39 is 17.5 Å². The van der Waals surface area contributed by atoms with Crippen LogP contribution in [-0.4, -0.2) is 13.0 Å². The van der Waals surface area contributed by atoms with Gasteiger partial charge < -0.3 is 10.1 Å². The largest absolute Gasteiger partial charge is 0.494 e. The number of ether oxygens (including phenoxy) is 1. The molecule has 3 nitrogen and oxygen atoms in total. The quantitative estimate of drug-likeness (QED) is 0.933. The number of carbonyl (C=O) groups excluding carboxylic acids is 1. The first-order chi connectivity index (χ1) is 9.51. The molecule has 2 aromatic carbocycles. The molecule has 0 aliphatic heterocycles. The average Bonchev–Trinajstić information content (AvgIpc) is 2.42. The second-order valence-corrected chi connectivity index (χ2v) is 4.34. The van der Waals surface area contributed by atoms with Crippen LogP contribution < -0.4 is 10.1 Å². The molecule has 6 heteroatoms. The van der Waals surface area contributed by atoms with Gasteiger partial charge in [0.15, 0.2) is 11.6 Å². The average molecular weight is 298 g/mol. The Kier molecular flexibility index (Phi) is 4.20. The molecule has 0 aliphatic rings. The van der Waals surface area contributed by atoms with E-state index in [4.69, 9.17) is 16.3 Å². The van der Waals surface area contributed by atoms with Crippen molar-refractivity contribution in [2.45, 2.75) is 0 Å². The number of amides is 1. The molecule has 0 saturated heterocycles. The zero-order valence-corrected chi connectivity index (χ0v) is 11.2. The van der Waals surface area contributed by atoms with E-state index in [1.165, 1.54) is 31.4 Å². The molecule has 0 unspecified atom stereocenters. The first-order valence-corrected chi connectivity index (χ1v) is 5.99. The Labute approximate surface area is 119 Å². The second-order valence-electron chi connectivity index (χ2n) is 3.93. The molecule has 1 N–H and O–H groups in total. The third-order valence-electron chi connectivity index (χ3n) is 2.59. The van der Waals surface area contributed by atoms with Gasteiger partial charge in [-0.1, -0.05) is 11.6 Å². The molecule has 0 bridgehead atoms. The van der Waals surface area contributed by atoms with E-state index in [1.807, 2.05) is 0 Å². The molecule has 0 fully saturated rings. The predicted octanol–water partition coefficient (Wildman–Crippen LogP) is 3.88. The molecule has 0 spiro atoms. The fourth-order valence-corrected chi connectivity index (χ4v) is 1.77. The highest BCUT2D eigenvalue weighted by atomic mass is 35.5. The van der Waals surface area contributed by atoms with Crippen LogP contribution in [0.15, 0.2) is 36.4 Å². The van der Waals surface area contributed by atoms with Crippen molar-refractivity contribution >= 4 is 23.2 Å². The molecular weight excluding hydrogens is 288 g/mol. The summed E-state index contributed by atoms with van der Waals surface area (Å²) in [6, 6.07) is 7.59. The minimum Gasteiger partial charge on any atom is -0.494 e. The van der Waals surface area contributed by atoms with Gasteiger partial charge in [-0.05, 0) is 36.4 Å². The number of methoxy groups -OCH3 is 1. The lowest BCUT2D eigenvalue weighted by molar-refractivity contribution is 0.102. The van der Waals surface area contributed by atoms with Crippen molar-refractivity contribution in [1.82, 2.24) is 0 Å². The molecule has 1 amide bonds. The number of carbonyl (C=O) groups is 1. The van der Waals surface area contributed by atoms with Crippen molar-refractivity contribution in [1.29, 1.82) is 0 Å². The van der Waals surface area contributed by atoms with E-state index in [1.54, 1.807) is 0 Å². The van der Waals surface area contributed by atoms with Crippen molar-refractivity contribution in [3.8, 4) is 5.75 Å². The number of hydrogen-bond acceptors (Lipinski definition) is 2. The summed E-state index contributed by atoms with van der Waals surface area (Å²) in [6.07, 6.45) is 0. The fraction of sp³-hybridized carbons (Fsp3) is 0.0714.